The van der Waals surface area contributed by atoms with Crippen LogP contribution in [0.5, 0.6) is 0 Å². The molecule has 1 aromatic carbocycles. The highest BCUT2D eigenvalue weighted by Gasteiger charge is 2.46. The van der Waals surface area contributed by atoms with E-state index >= 15 is 0 Å². The molecule has 2 aromatic rings. The Morgan fingerprint density at radius 3 is 2.79 bits per heavy atom. The number of nitrogens with one attached hydrogen (secondary N) is 1. The highest BCUT2D eigenvalue weighted by molar-refractivity contribution is 5.98. The number of H-pyrrole nitrogens is 1. The van der Waals surface area contributed by atoms with Crippen LogP contribution >= 0.6 is 0 Å². The van der Waals surface area contributed by atoms with Gasteiger partial charge in [-0.3, -0.25) is 14.7 Å². The number of nitrogens with two attached hydrogens (primary N) is 2. The number of carbonyl (C=O) groups is 2. The minimum Gasteiger partial charge on any atom is -0.397 e. The number of aromatic amines is 1. The van der Waals surface area contributed by atoms with Gasteiger partial charge in [0.15, 0.2) is 5.78 Å². The van der Waals surface area contributed by atoms with E-state index in [2.05, 4.69) is 24.0 Å². The molecule has 2 heterocycles. The zero-order valence-electron chi connectivity index (χ0n) is 16.4. The number of rotatable bonds is 2. The van der Waals surface area contributed by atoms with Gasteiger partial charge in [0.25, 0.3) is 5.91 Å². The topological polar surface area (TPSA) is 118 Å². The standard InChI is InChI=1S/C21H27N5O2/c1-12(2)17-9-21(8-14-11-24-25-19(14)18(27)10-21)5-6-26(17)20(28)13-3-4-15(22)16(23)7-13/h3-4,7,11-12,17H,5-6,8-10,22-23H2,1-2H3,(H,24,25). The van der Waals surface area contributed by atoms with E-state index in [4.69, 9.17) is 11.5 Å². The van der Waals surface area contributed by atoms with Crippen molar-refractivity contribution in [1.82, 2.24) is 15.1 Å². The first kappa shape index (κ1) is 18.5. The Morgan fingerprint density at radius 1 is 1.29 bits per heavy atom. The van der Waals surface area contributed by atoms with Gasteiger partial charge < -0.3 is 16.4 Å². The number of carbonyl (C=O) groups excluding carboxylic acids is 2. The number of hydrogen-bond acceptors (Lipinski definition) is 5. The number of fused-ring (bicyclic) bond motifs is 1. The predicted molar refractivity (Wildman–Crippen MR) is 108 cm³/mol. The van der Waals surface area contributed by atoms with Crippen LogP contribution in [0.4, 0.5) is 11.4 Å². The Bertz CT molecular complexity index is 935. The normalized spacial score (nSPS) is 24.6. The van der Waals surface area contributed by atoms with Crippen LogP contribution in [0.1, 0.15) is 59.5 Å². The number of benzene rings is 1. The number of ketones is 1. The van der Waals surface area contributed by atoms with Crippen LogP contribution in [0.25, 0.3) is 0 Å². The lowest BCUT2D eigenvalue weighted by Crippen LogP contribution is -2.53. The van der Waals surface area contributed by atoms with Gasteiger partial charge in [-0.2, -0.15) is 5.10 Å². The molecule has 1 fully saturated rings. The van der Waals surface area contributed by atoms with Crippen LogP contribution < -0.4 is 11.5 Å². The number of hydrogen-bond donors (Lipinski definition) is 3. The first-order valence-electron chi connectivity index (χ1n) is 9.81. The van der Waals surface area contributed by atoms with Crippen molar-refractivity contribution in [2.75, 3.05) is 18.0 Å². The summed E-state index contributed by atoms with van der Waals surface area (Å²) >= 11 is 0. The van der Waals surface area contributed by atoms with Gasteiger partial charge in [-0.15, -0.1) is 0 Å². The zero-order valence-corrected chi connectivity index (χ0v) is 16.4. The van der Waals surface area contributed by atoms with Gasteiger partial charge in [0.2, 0.25) is 0 Å². The summed E-state index contributed by atoms with van der Waals surface area (Å²) in [6.07, 6.45) is 4.75. The Hall–Kier alpha value is -2.83. The molecule has 1 saturated heterocycles. The quantitative estimate of drug-likeness (QED) is 0.691. The lowest BCUT2D eigenvalue weighted by atomic mass is 9.64. The van der Waals surface area contributed by atoms with Crippen LogP contribution in [0.15, 0.2) is 24.4 Å². The molecule has 2 aliphatic rings. The molecule has 1 amide bonds. The Balaban J connectivity index is 1.60. The summed E-state index contributed by atoms with van der Waals surface area (Å²) < 4.78 is 0. The van der Waals surface area contributed by atoms with Gasteiger partial charge in [-0.25, -0.2) is 0 Å². The third-order valence-electron chi connectivity index (χ3n) is 6.39. The van der Waals surface area contributed by atoms with Crippen molar-refractivity contribution in [1.29, 1.82) is 0 Å². The number of aromatic nitrogens is 2. The number of nitrogens with zero attached hydrogens (tertiary/aromatic N) is 2. The fourth-order valence-electron chi connectivity index (χ4n) is 4.80. The monoisotopic (exact) mass is 381 g/mol. The Morgan fingerprint density at radius 2 is 2.07 bits per heavy atom. The van der Waals surface area contributed by atoms with Crippen molar-refractivity contribution < 1.29 is 9.59 Å². The van der Waals surface area contributed by atoms with Crippen molar-refractivity contribution in [3.8, 4) is 0 Å². The summed E-state index contributed by atoms with van der Waals surface area (Å²) in [6, 6.07) is 5.14. The van der Waals surface area contributed by atoms with E-state index in [1.807, 2.05) is 4.90 Å². The molecule has 1 spiro atoms. The fraction of sp³-hybridized carbons (Fsp3) is 0.476. The Kier molecular flexibility index (Phi) is 4.40. The molecule has 148 valence electrons. The molecule has 1 aliphatic heterocycles. The Labute approximate surface area is 164 Å². The van der Waals surface area contributed by atoms with Crippen LogP contribution in [0.2, 0.25) is 0 Å². The first-order valence-corrected chi connectivity index (χ1v) is 9.81. The minimum atomic E-state index is -0.0974. The van der Waals surface area contributed by atoms with Gasteiger partial charge in [0.1, 0.15) is 5.69 Å². The van der Waals surface area contributed by atoms with E-state index in [-0.39, 0.29) is 29.1 Å². The van der Waals surface area contributed by atoms with E-state index in [1.165, 1.54) is 0 Å². The molecule has 0 saturated carbocycles. The summed E-state index contributed by atoms with van der Waals surface area (Å²) in [7, 11) is 0. The van der Waals surface area contributed by atoms with Crippen molar-refractivity contribution >= 4 is 23.1 Å². The van der Waals surface area contributed by atoms with Crippen molar-refractivity contribution in [2.24, 2.45) is 11.3 Å². The molecule has 28 heavy (non-hydrogen) atoms. The molecule has 2 atom stereocenters. The van der Waals surface area contributed by atoms with Crippen molar-refractivity contribution in [3.05, 3.63) is 41.2 Å². The van der Waals surface area contributed by atoms with Crippen LogP contribution in [-0.4, -0.2) is 39.4 Å². The largest absolute Gasteiger partial charge is 0.397 e. The summed E-state index contributed by atoms with van der Waals surface area (Å²) in [6.45, 7) is 4.90. The minimum absolute atomic E-state index is 0.0219. The van der Waals surface area contributed by atoms with Gasteiger partial charge in [-0.05, 0) is 48.8 Å². The second kappa shape index (κ2) is 6.65. The summed E-state index contributed by atoms with van der Waals surface area (Å²) in [5.41, 5.74) is 14.7. The number of anilines is 2. The van der Waals surface area contributed by atoms with Crippen LogP contribution in [0, 0.1) is 11.3 Å². The van der Waals surface area contributed by atoms with E-state index in [0.29, 0.717) is 35.6 Å². The first-order chi connectivity index (χ1) is 13.3. The molecular formula is C21H27N5O2. The molecule has 7 heteroatoms. The highest BCUT2D eigenvalue weighted by atomic mass is 16.2. The van der Waals surface area contributed by atoms with Gasteiger partial charge >= 0.3 is 0 Å². The van der Waals surface area contributed by atoms with Crippen molar-refractivity contribution in [3.63, 3.8) is 0 Å². The number of piperidine rings is 1. The average molecular weight is 381 g/mol. The van der Waals surface area contributed by atoms with Crippen molar-refractivity contribution in [2.45, 2.75) is 45.6 Å². The summed E-state index contributed by atoms with van der Waals surface area (Å²) in [4.78, 5) is 27.8. The number of nitrogen functional groups attached to an aromatic ring is 2. The number of Topliss-reactive ketones (excluding diaryl/α,β-unsaturated/α-hetero) is 1. The number of likely N-dealkylation sites (tertiary alicyclic amines) is 1. The third kappa shape index (κ3) is 3.04. The second-order valence-corrected chi connectivity index (χ2v) is 8.65. The fourth-order valence-corrected chi connectivity index (χ4v) is 4.80. The van der Waals surface area contributed by atoms with E-state index in [9.17, 15) is 9.59 Å². The van der Waals surface area contributed by atoms with Gasteiger partial charge in [-0.1, -0.05) is 13.8 Å². The highest BCUT2D eigenvalue weighted by Crippen LogP contribution is 2.46. The molecule has 7 nitrogen and oxygen atoms in total. The molecule has 1 aromatic heterocycles. The zero-order chi connectivity index (χ0) is 20.1. The lowest BCUT2D eigenvalue weighted by Gasteiger charge is -2.49. The summed E-state index contributed by atoms with van der Waals surface area (Å²) in [5, 5.41) is 6.89. The average Bonchev–Trinajstić information content (AvgIpc) is 3.12. The van der Waals surface area contributed by atoms with Crippen LogP contribution in [-0.2, 0) is 6.42 Å². The lowest BCUT2D eigenvalue weighted by molar-refractivity contribution is 0.0178. The maximum atomic E-state index is 13.2. The maximum Gasteiger partial charge on any atom is 0.254 e. The molecule has 0 bridgehead atoms. The van der Waals surface area contributed by atoms with Gasteiger partial charge in [0.05, 0.1) is 17.6 Å². The van der Waals surface area contributed by atoms with Crippen LogP contribution in [0.3, 0.4) is 0 Å². The SMILES string of the molecule is CC(C)C1CC2(CCN1C(=O)c1ccc(N)c(N)c1)CC(=O)c1[nH]ncc1C2. The molecule has 1 aliphatic carbocycles. The predicted octanol–water partition coefficient (Wildman–Crippen LogP) is 2.65. The van der Waals surface area contributed by atoms with E-state index in [0.717, 1.165) is 24.8 Å². The molecule has 2 unspecified atom stereocenters. The molecular weight excluding hydrogens is 354 g/mol. The maximum absolute atomic E-state index is 13.2. The molecule has 4 rings (SSSR count). The number of amides is 1. The smallest absolute Gasteiger partial charge is 0.254 e. The van der Waals surface area contributed by atoms with E-state index in [1.54, 1.807) is 24.4 Å². The van der Waals surface area contributed by atoms with Gasteiger partial charge in [0, 0.05) is 30.1 Å². The van der Waals surface area contributed by atoms with E-state index < -0.39 is 0 Å². The second-order valence-electron chi connectivity index (χ2n) is 8.65. The summed E-state index contributed by atoms with van der Waals surface area (Å²) in [5.74, 6) is 0.395. The third-order valence-corrected chi connectivity index (χ3v) is 6.39. The molecule has 5 N–H and O–H groups in total. The molecule has 0 radical (unpaired) electrons.